The number of esters is 2. The molecule has 0 aromatic heterocycles. The molecule has 0 spiro atoms. The third kappa shape index (κ3) is 9.56. The Labute approximate surface area is 239 Å². The molecule has 2 aliphatic rings. The first-order valence-electron chi connectivity index (χ1n) is 15.6. The topological polar surface area (TPSA) is 76.4 Å². The van der Waals surface area contributed by atoms with Crippen LogP contribution in [0.1, 0.15) is 145 Å². The van der Waals surface area contributed by atoms with Crippen LogP contribution in [0.4, 0.5) is 8.78 Å². The Morgan fingerprint density at radius 3 is 1.73 bits per heavy atom. The summed E-state index contributed by atoms with van der Waals surface area (Å²) < 4.78 is 39.1. The highest BCUT2D eigenvalue weighted by Gasteiger charge is 2.31. The van der Waals surface area contributed by atoms with Gasteiger partial charge in [0.2, 0.25) is 0 Å². The van der Waals surface area contributed by atoms with Gasteiger partial charge in [-0.3, -0.25) is 0 Å². The third-order valence-corrected chi connectivity index (χ3v) is 8.66. The quantitative estimate of drug-likeness (QED) is 0.169. The summed E-state index contributed by atoms with van der Waals surface area (Å²) in [5.74, 6) is -0.965. The number of halogens is 2. The summed E-state index contributed by atoms with van der Waals surface area (Å²) >= 11 is 0. The first kappa shape index (κ1) is 32.0. The number of nitrogens with zero attached hydrogens (tertiary/aromatic N) is 1. The van der Waals surface area contributed by atoms with E-state index in [0.717, 1.165) is 62.5 Å². The van der Waals surface area contributed by atoms with E-state index in [9.17, 15) is 23.6 Å². The number of hydrogen-bond donors (Lipinski definition) is 0. The second-order valence-corrected chi connectivity index (χ2v) is 11.7. The van der Waals surface area contributed by atoms with Crippen LogP contribution < -0.4 is 0 Å². The van der Waals surface area contributed by atoms with Crippen molar-refractivity contribution in [3.05, 3.63) is 34.9 Å². The highest BCUT2D eigenvalue weighted by Crippen LogP contribution is 2.39. The van der Waals surface area contributed by atoms with E-state index in [4.69, 9.17) is 9.47 Å². The van der Waals surface area contributed by atoms with Crippen molar-refractivity contribution in [1.82, 2.24) is 0 Å². The second-order valence-electron chi connectivity index (χ2n) is 11.7. The number of alkyl halides is 2. The van der Waals surface area contributed by atoms with Crippen LogP contribution >= 0.6 is 0 Å². The first-order chi connectivity index (χ1) is 19.4. The molecule has 0 amide bonds. The molecule has 0 heterocycles. The van der Waals surface area contributed by atoms with Gasteiger partial charge in [0.15, 0.2) is 12.3 Å². The summed E-state index contributed by atoms with van der Waals surface area (Å²) in [4.78, 5) is 24.2. The minimum Gasteiger partial charge on any atom is -0.460 e. The molecule has 0 saturated heterocycles. The summed E-state index contributed by atoms with van der Waals surface area (Å²) in [5, 5.41) is 9.91. The van der Waals surface area contributed by atoms with Crippen molar-refractivity contribution >= 4 is 11.9 Å². The molecular formula is C33H47F2NO4. The molecule has 1 aromatic rings. The smallest absolute Gasteiger partial charge is 0.340 e. The van der Waals surface area contributed by atoms with Gasteiger partial charge < -0.3 is 9.47 Å². The molecule has 2 saturated carbocycles. The Balaban J connectivity index is 1.47. The van der Waals surface area contributed by atoms with Gasteiger partial charge in [-0.25, -0.2) is 18.4 Å². The Bertz CT molecular complexity index is 977. The lowest BCUT2D eigenvalue weighted by Crippen LogP contribution is -2.29. The van der Waals surface area contributed by atoms with Crippen LogP contribution in [-0.2, 0) is 19.1 Å². The van der Waals surface area contributed by atoms with Crippen molar-refractivity contribution in [3.8, 4) is 6.07 Å². The Kier molecular flexibility index (Phi) is 13.4. The monoisotopic (exact) mass is 559 g/mol. The molecule has 2 aliphatic carbocycles. The minimum atomic E-state index is -1.54. The fraction of sp³-hybridized carbons (Fsp3) is 0.727. The van der Waals surface area contributed by atoms with Crippen molar-refractivity contribution in [2.24, 2.45) is 0 Å². The Morgan fingerprint density at radius 1 is 0.800 bits per heavy atom. The van der Waals surface area contributed by atoms with E-state index in [1.165, 1.54) is 0 Å². The van der Waals surface area contributed by atoms with Gasteiger partial charge in [-0.2, -0.15) is 5.26 Å². The number of carbonyl (C=O) groups excluding carboxylic acids is 2. The second kappa shape index (κ2) is 16.7. The predicted molar refractivity (Wildman–Crippen MR) is 151 cm³/mol. The van der Waals surface area contributed by atoms with Crippen LogP contribution in [0.15, 0.2) is 18.2 Å². The maximum absolute atomic E-state index is 14.1. The number of ether oxygens (including phenoxy) is 2. The SMILES string of the molecule is CCCCC[C@H](F)C(=O)O[C@H]1CC[C@H](c2ccc([C@H]3CC[C@H](OC(=O)[C@@H](F)CCCCC)CC3)c(C#N)c2)CC1. The molecule has 1 aromatic carbocycles. The van der Waals surface area contributed by atoms with Crippen LogP contribution in [0.5, 0.6) is 0 Å². The lowest BCUT2D eigenvalue weighted by atomic mass is 9.78. The van der Waals surface area contributed by atoms with E-state index >= 15 is 0 Å². The summed E-state index contributed by atoms with van der Waals surface area (Å²) in [5.41, 5.74) is 2.82. The maximum atomic E-state index is 14.1. The van der Waals surface area contributed by atoms with Gasteiger partial charge in [0.1, 0.15) is 12.2 Å². The summed E-state index contributed by atoms with van der Waals surface area (Å²) in [6.45, 7) is 4.09. The van der Waals surface area contributed by atoms with Gasteiger partial charge in [0.05, 0.1) is 11.6 Å². The van der Waals surface area contributed by atoms with Crippen molar-refractivity contribution in [2.45, 2.75) is 153 Å². The molecule has 40 heavy (non-hydrogen) atoms. The average molecular weight is 560 g/mol. The molecule has 0 N–H and O–H groups in total. The molecule has 5 nitrogen and oxygen atoms in total. The van der Waals surface area contributed by atoms with Crippen LogP contribution in [-0.4, -0.2) is 36.5 Å². The molecule has 0 aliphatic heterocycles. The van der Waals surface area contributed by atoms with Crippen LogP contribution in [0.3, 0.4) is 0 Å². The van der Waals surface area contributed by atoms with Crippen LogP contribution in [0.25, 0.3) is 0 Å². The highest BCUT2D eigenvalue weighted by molar-refractivity contribution is 5.75. The fourth-order valence-corrected chi connectivity index (χ4v) is 6.15. The van der Waals surface area contributed by atoms with E-state index in [2.05, 4.69) is 18.2 Å². The lowest BCUT2D eigenvalue weighted by molar-refractivity contribution is -0.157. The molecular weight excluding hydrogens is 512 g/mol. The summed E-state index contributed by atoms with van der Waals surface area (Å²) in [6.07, 6.45) is 8.07. The largest absolute Gasteiger partial charge is 0.460 e. The number of benzene rings is 1. The van der Waals surface area contributed by atoms with Gasteiger partial charge in [-0.1, -0.05) is 51.7 Å². The molecule has 2 atom stereocenters. The van der Waals surface area contributed by atoms with E-state index in [1.54, 1.807) is 0 Å². The fourth-order valence-electron chi connectivity index (χ4n) is 6.15. The predicted octanol–water partition coefficient (Wildman–Crippen LogP) is 8.53. The van der Waals surface area contributed by atoms with Crippen molar-refractivity contribution < 1.29 is 27.8 Å². The number of unbranched alkanes of at least 4 members (excludes halogenated alkanes) is 4. The molecule has 2 fully saturated rings. The first-order valence-corrected chi connectivity index (χ1v) is 15.6. The van der Waals surface area contributed by atoms with E-state index in [-0.39, 0.29) is 36.9 Å². The van der Waals surface area contributed by atoms with Crippen molar-refractivity contribution in [3.63, 3.8) is 0 Å². The third-order valence-electron chi connectivity index (χ3n) is 8.66. The van der Waals surface area contributed by atoms with Gasteiger partial charge in [-0.05, 0) is 106 Å². The van der Waals surface area contributed by atoms with Crippen molar-refractivity contribution in [1.29, 1.82) is 5.26 Å². The highest BCUT2D eigenvalue weighted by atomic mass is 19.1. The Hall–Kier alpha value is -2.49. The average Bonchev–Trinajstić information content (AvgIpc) is 2.97. The zero-order valence-electron chi connectivity index (χ0n) is 24.3. The van der Waals surface area contributed by atoms with E-state index < -0.39 is 24.3 Å². The van der Waals surface area contributed by atoms with Crippen LogP contribution in [0.2, 0.25) is 0 Å². The molecule has 0 bridgehead atoms. The van der Waals surface area contributed by atoms with Crippen LogP contribution in [0, 0.1) is 11.3 Å². The lowest BCUT2D eigenvalue weighted by Gasteiger charge is -2.31. The number of carbonyl (C=O) groups is 2. The van der Waals surface area contributed by atoms with Gasteiger partial charge in [0.25, 0.3) is 0 Å². The van der Waals surface area contributed by atoms with Crippen molar-refractivity contribution in [2.75, 3.05) is 0 Å². The molecule has 0 unspecified atom stereocenters. The molecule has 0 radical (unpaired) electrons. The summed E-state index contributed by atoms with van der Waals surface area (Å²) in [6, 6.07) is 8.54. The number of hydrogen-bond acceptors (Lipinski definition) is 5. The summed E-state index contributed by atoms with van der Waals surface area (Å²) in [7, 11) is 0. The number of rotatable bonds is 14. The maximum Gasteiger partial charge on any atom is 0.340 e. The molecule has 3 rings (SSSR count). The van der Waals surface area contributed by atoms with Gasteiger partial charge in [0, 0.05) is 0 Å². The zero-order valence-corrected chi connectivity index (χ0v) is 24.3. The molecule has 222 valence electrons. The van der Waals surface area contributed by atoms with E-state index in [1.807, 2.05) is 19.9 Å². The molecule has 7 heteroatoms. The standard InChI is InChI=1S/C33H47F2NO4/c1-3-5-7-9-30(34)32(37)39-27-16-11-23(12-17-27)25-15-20-29(26(21-25)22-36)24-13-18-28(19-14-24)40-33(38)31(35)10-8-6-4-2/h15,20-21,23-24,27-28,30-31H,3-14,16-19H2,1-2H3/t23-,24-,27-,28-,30-,31-/m0/s1. The number of nitriles is 1. The zero-order chi connectivity index (χ0) is 28.9. The minimum absolute atomic E-state index is 0.213. The normalized spacial score (nSPS) is 24.5. The Morgan fingerprint density at radius 2 is 1.27 bits per heavy atom. The van der Waals surface area contributed by atoms with Gasteiger partial charge in [-0.15, -0.1) is 0 Å². The van der Waals surface area contributed by atoms with E-state index in [0.29, 0.717) is 44.1 Å². The van der Waals surface area contributed by atoms with Gasteiger partial charge >= 0.3 is 11.9 Å².